The number of benzene rings is 1. The number of carbonyl (C=O) groups is 2. The third-order valence-corrected chi connectivity index (χ3v) is 6.84. The van der Waals surface area contributed by atoms with Gasteiger partial charge < -0.3 is 29.7 Å². The van der Waals surface area contributed by atoms with Crippen molar-refractivity contribution in [1.29, 1.82) is 0 Å². The minimum absolute atomic E-state index is 0.234. The molecule has 2 aliphatic rings. The molecule has 0 saturated carbocycles. The van der Waals surface area contributed by atoms with E-state index in [-0.39, 0.29) is 11.5 Å². The number of anilines is 3. The number of nitrogens with one attached hydrogen (secondary N) is 2. The first-order chi connectivity index (χ1) is 18.5. The quantitative estimate of drug-likeness (QED) is 0.401. The number of aryl methyl sites for hydroxylation is 1. The normalized spacial score (nSPS) is 16.5. The molecule has 4 aromatic rings. The van der Waals surface area contributed by atoms with E-state index in [1.807, 2.05) is 30.1 Å². The molecule has 1 fully saturated rings. The van der Waals surface area contributed by atoms with E-state index in [4.69, 9.17) is 4.74 Å². The van der Waals surface area contributed by atoms with Crippen molar-refractivity contribution in [2.24, 2.45) is 7.05 Å². The Morgan fingerprint density at radius 2 is 1.84 bits per heavy atom. The summed E-state index contributed by atoms with van der Waals surface area (Å²) in [6.07, 6.45) is 8.77. The topological polar surface area (TPSA) is 105 Å². The van der Waals surface area contributed by atoms with E-state index < -0.39 is 6.03 Å². The molecule has 0 atom stereocenters. The molecule has 0 bridgehead atoms. The van der Waals surface area contributed by atoms with Crippen molar-refractivity contribution in [3.05, 3.63) is 78.1 Å². The molecule has 2 amide bonds. The van der Waals surface area contributed by atoms with Crippen LogP contribution in [0.5, 0.6) is 5.75 Å². The zero-order chi connectivity index (χ0) is 26.2. The largest absolute Gasteiger partial charge is 0.452 e. The SMILES string of the molecule is CN1CCN(c2ccnc3c2c(/C=C2\Oc4ccc(NC(=O)Nc5cccnc5)cc4C2=O)cn3C)CC1. The monoisotopic (exact) mass is 509 g/mol. The molecular formula is C28H27N7O3. The van der Waals surface area contributed by atoms with E-state index in [9.17, 15) is 9.59 Å². The van der Waals surface area contributed by atoms with Crippen LogP contribution >= 0.6 is 0 Å². The molecule has 2 aliphatic heterocycles. The number of aromatic nitrogens is 3. The van der Waals surface area contributed by atoms with Crippen LogP contribution in [0.25, 0.3) is 17.1 Å². The second-order valence-electron chi connectivity index (χ2n) is 9.49. The standard InChI is InChI=1S/C28H27N7O3/c1-33-10-12-35(13-11-33)22-7-9-30-27-25(22)18(17-34(27)2)14-24-26(36)21-15-19(5-6-23(21)38-24)31-28(37)32-20-4-3-8-29-16-20/h3-9,14-17H,10-13H2,1-2H3,(H2,31,32,37)/b24-14-. The predicted octanol–water partition coefficient (Wildman–Crippen LogP) is 3.98. The first-order valence-electron chi connectivity index (χ1n) is 12.4. The lowest BCUT2D eigenvalue weighted by Crippen LogP contribution is -2.44. The molecule has 10 nitrogen and oxygen atoms in total. The van der Waals surface area contributed by atoms with Crippen molar-refractivity contribution < 1.29 is 14.3 Å². The predicted molar refractivity (Wildman–Crippen MR) is 147 cm³/mol. The van der Waals surface area contributed by atoms with Crippen LogP contribution in [0.4, 0.5) is 21.9 Å². The third kappa shape index (κ3) is 4.46. The summed E-state index contributed by atoms with van der Waals surface area (Å²) in [5.74, 6) is 0.452. The first kappa shape index (κ1) is 23.7. The highest BCUT2D eigenvalue weighted by molar-refractivity contribution is 6.16. The van der Waals surface area contributed by atoms with Gasteiger partial charge in [0.15, 0.2) is 5.76 Å². The number of likely N-dealkylation sites (N-methyl/N-ethyl adjacent to an activating group) is 1. The zero-order valence-electron chi connectivity index (χ0n) is 21.1. The van der Waals surface area contributed by atoms with Gasteiger partial charge in [0.1, 0.15) is 11.4 Å². The Labute approximate surface area is 219 Å². The second kappa shape index (κ2) is 9.64. The average Bonchev–Trinajstić information content (AvgIpc) is 3.41. The number of hydrogen-bond donors (Lipinski definition) is 2. The molecule has 5 heterocycles. The fraction of sp³-hybridized carbons (Fsp3) is 0.214. The summed E-state index contributed by atoms with van der Waals surface area (Å²) in [5.41, 5.74) is 4.27. The van der Waals surface area contributed by atoms with E-state index >= 15 is 0 Å². The van der Waals surface area contributed by atoms with E-state index in [0.717, 1.165) is 48.5 Å². The fourth-order valence-corrected chi connectivity index (χ4v) is 4.88. The summed E-state index contributed by atoms with van der Waals surface area (Å²) < 4.78 is 7.93. The summed E-state index contributed by atoms with van der Waals surface area (Å²) in [4.78, 5) is 39.0. The lowest BCUT2D eigenvalue weighted by atomic mass is 10.1. The van der Waals surface area contributed by atoms with Crippen LogP contribution in [0.3, 0.4) is 0 Å². The van der Waals surface area contributed by atoms with E-state index in [1.165, 1.54) is 0 Å². The molecular weight excluding hydrogens is 482 g/mol. The van der Waals surface area contributed by atoms with Gasteiger partial charge in [0.2, 0.25) is 5.78 Å². The Morgan fingerprint density at radius 1 is 1.03 bits per heavy atom. The van der Waals surface area contributed by atoms with Crippen LogP contribution in [0.1, 0.15) is 15.9 Å². The number of nitrogens with zero attached hydrogens (tertiary/aromatic N) is 5. The summed E-state index contributed by atoms with van der Waals surface area (Å²) in [6.45, 7) is 3.82. The van der Waals surface area contributed by atoms with Crippen molar-refractivity contribution in [2.45, 2.75) is 0 Å². The summed E-state index contributed by atoms with van der Waals surface area (Å²) in [7, 11) is 4.08. The summed E-state index contributed by atoms with van der Waals surface area (Å²) in [6, 6.07) is 10.1. The lowest BCUT2D eigenvalue weighted by Gasteiger charge is -2.34. The van der Waals surface area contributed by atoms with Crippen molar-refractivity contribution in [1.82, 2.24) is 19.4 Å². The number of ether oxygens (including phenoxy) is 1. The Balaban J connectivity index is 1.27. The average molecular weight is 510 g/mol. The maximum Gasteiger partial charge on any atom is 0.323 e. The molecule has 0 radical (unpaired) electrons. The number of carbonyl (C=O) groups excluding carboxylic acids is 2. The van der Waals surface area contributed by atoms with Gasteiger partial charge in [0, 0.05) is 74.1 Å². The number of urea groups is 1. The number of allylic oxidation sites excluding steroid dienone is 1. The van der Waals surface area contributed by atoms with Crippen molar-refractivity contribution >= 4 is 46.0 Å². The van der Waals surface area contributed by atoms with Crippen LogP contribution in [0, 0.1) is 0 Å². The third-order valence-electron chi connectivity index (χ3n) is 6.84. The minimum Gasteiger partial charge on any atom is -0.452 e. The van der Waals surface area contributed by atoms with Gasteiger partial charge >= 0.3 is 6.03 Å². The number of pyridine rings is 2. The van der Waals surface area contributed by atoms with Crippen LogP contribution in [0.15, 0.2) is 66.9 Å². The van der Waals surface area contributed by atoms with Gasteiger partial charge in [-0.15, -0.1) is 0 Å². The minimum atomic E-state index is -0.431. The molecule has 0 aliphatic carbocycles. The van der Waals surface area contributed by atoms with Crippen molar-refractivity contribution in [3.63, 3.8) is 0 Å². The van der Waals surface area contributed by atoms with E-state index in [1.54, 1.807) is 48.8 Å². The van der Waals surface area contributed by atoms with Crippen LogP contribution in [0.2, 0.25) is 0 Å². The molecule has 192 valence electrons. The molecule has 1 saturated heterocycles. The fourth-order valence-electron chi connectivity index (χ4n) is 4.88. The summed E-state index contributed by atoms with van der Waals surface area (Å²) in [5, 5.41) is 6.46. The van der Waals surface area contributed by atoms with Gasteiger partial charge in [-0.25, -0.2) is 9.78 Å². The van der Waals surface area contributed by atoms with Gasteiger partial charge in [0.05, 0.1) is 17.4 Å². The van der Waals surface area contributed by atoms with Gasteiger partial charge in [-0.3, -0.25) is 9.78 Å². The number of Topliss-reactive ketones (excluding diaryl/α,β-unsaturated/α-hetero) is 1. The van der Waals surface area contributed by atoms with Crippen LogP contribution in [-0.2, 0) is 7.05 Å². The highest BCUT2D eigenvalue weighted by Crippen LogP contribution is 2.36. The van der Waals surface area contributed by atoms with Crippen LogP contribution < -0.4 is 20.3 Å². The highest BCUT2D eigenvalue weighted by atomic mass is 16.5. The Kier molecular flexibility index (Phi) is 6.01. The Bertz CT molecular complexity index is 1570. The number of amides is 2. The van der Waals surface area contributed by atoms with Gasteiger partial charge in [-0.1, -0.05) is 0 Å². The van der Waals surface area contributed by atoms with E-state index in [0.29, 0.717) is 22.7 Å². The number of fused-ring (bicyclic) bond motifs is 2. The van der Waals surface area contributed by atoms with E-state index in [2.05, 4.69) is 37.4 Å². The van der Waals surface area contributed by atoms with Crippen molar-refractivity contribution in [2.75, 3.05) is 48.8 Å². The Hall–Kier alpha value is -4.70. The maximum absolute atomic E-state index is 13.3. The molecule has 3 aromatic heterocycles. The summed E-state index contributed by atoms with van der Waals surface area (Å²) >= 11 is 0. The lowest BCUT2D eigenvalue weighted by molar-refractivity contribution is 0.101. The Morgan fingerprint density at radius 3 is 2.63 bits per heavy atom. The maximum atomic E-state index is 13.3. The van der Waals surface area contributed by atoms with Gasteiger partial charge in [-0.2, -0.15) is 0 Å². The molecule has 2 N–H and O–H groups in total. The van der Waals surface area contributed by atoms with Crippen LogP contribution in [-0.4, -0.2) is 64.5 Å². The molecule has 0 unspecified atom stereocenters. The molecule has 0 spiro atoms. The molecule has 10 heteroatoms. The first-order valence-corrected chi connectivity index (χ1v) is 12.4. The molecule has 6 rings (SSSR count). The van der Waals surface area contributed by atoms with Crippen molar-refractivity contribution in [3.8, 4) is 5.75 Å². The number of rotatable bonds is 4. The molecule has 1 aromatic carbocycles. The molecule has 38 heavy (non-hydrogen) atoms. The number of piperazine rings is 1. The van der Waals surface area contributed by atoms with Gasteiger partial charge in [-0.05, 0) is 49.5 Å². The highest BCUT2D eigenvalue weighted by Gasteiger charge is 2.29. The smallest absolute Gasteiger partial charge is 0.323 e. The number of hydrogen-bond acceptors (Lipinski definition) is 7. The number of ketones is 1. The zero-order valence-corrected chi connectivity index (χ0v) is 21.1. The second-order valence-corrected chi connectivity index (χ2v) is 9.49. The van der Waals surface area contributed by atoms with Gasteiger partial charge in [0.25, 0.3) is 0 Å².